The number of carbonyl (C=O) groups is 3. The number of hydrogen-bond donors (Lipinski definition) is 6. The van der Waals surface area contributed by atoms with E-state index in [4.69, 9.17) is 33.5 Å². The molecule has 0 aromatic heterocycles. The van der Waals surface area contributed by atoms with Crippen LogP contribution in [0.4, 0.5) is 0 Å². The number of aliphatic carboxylic acids is 1. The number of aliphatic hydroxyl groups excluding tert-OH is 5. The number of carboxylic acid groups (broad SMARTS) is 1. The second kappa shape index (κ2) is 23.3. The first-order valence-electron chi connectivity index (χ1n) is 17.5. The highest BCUT2D eigenvalue weighted by Crippen LogP contribution is 2.31. The number of rotatable bonds is 23. The molecular formula is C34H58O15. The predicted molar refractivity (Wildman–Crippen MR) is 173 cm³/mol. The van der Waals surface area contributed by atoms with Gasteiger partial charge >= 0.3 is 17.9 Å². The Morgan fingerprint density at radius 1 is 0.653 bits per heavy atom. The summed E-state index contributed by atoms with van der Waals surface area (Å²) in [6.45, 7) is 3.30. The molecule has 1 unspecified atom stereocenters. The van der Waals surface area contributed by atoms with Crippen molar-refractivity contribution in [1.82, 2.24) is 0 Å². The zero-order valence-corrected chi connectivity index (χ0v) is 29.0. The van der Waals surface area contributed by atoms with E-state index in [-0.39, 0.29) is 12.5 Å². The van der Waals surface area contributed by atoms with Crippen molar-refractivity contribution in [1.29, 1.82) is 0 Å². The SMILES string of the molecule is CC(=O)OC[C@H]1O[C@@H](O[C@H]2[C@H](O)[C@@H](O)[C@H](OC(C)CCCCCC/C=C/CCCCCCCC(=O)O)O[C@@H]2COC(C)=O)[C@H](O)[C@@H](O)[C@@H]1O. The Kier molecular flexibility index (Phi) is 20.4. The highest BCUT2D eigenvalue weighted by Gasteiger charge is 2.51. The van der Waals surface area contributed by atoms with Crippen LogP contribution in [0.3, 0.4) is 0 Å². The second-order valence-electron chi connectivity index (χ2n) is 12.9. The summed E-state index contributed by atoms with van der Waals surface area (Å²) in [6, 6.07) is 0. The first-order valence-corrected chi connectivity index (χ1v) is 17.5. The molecule has 6 N–H and O–H groups in total. The largest absolute Gasteiger partial charge is 0.481 e. The lowest BCUT2D eigenvalue weighted by atomic mass is 9.97. The van der Waals surface area contributed by atoms with Gasteiger partial charge in [0.15, 0.2) is 12.6 Å². The summed E-state index contributed by atoms with van der Waals surface area (Å²) in [5, 5.41) is 61.7. The minimum Gasteiger partial charge on any atom is -0.481 e. The summed E-state index contributed by atoms with van der Waals surface area (Å²) in [7, 11) is 0. The van der Waals surface area contributed by atoms with Gasteiger partial charge in [0, 0.05) is 20.3 Å². The second-order valence-corrected chi connectivity index (χ2v) is 12.9. The fraction of sp³-hybridized carbons (Fsp3) is 0.853. The maximum Gasteiger partial charge on any atom is 0.303 e. The molecule has 284 valence electrons. The van der Waals surface area contributed by atoms with Gasteiger partial charge in [-0.25, -0.2) is 0 Å². The molecule has 0 bridgehead atoms. The molecule has 2 saturated heterocycles. The molecule has 0 spiro atoms. The molecule has 11 atom stereocenters. The van der Waals surface area contributed by atoms with Crippen LogP contribution in [0.5, 0.6) is 0 Å². The fourth-order valence-electron chi connectivity index (χ4n) is 5.69. The zero-order chi connectivity index (χ0) is 36.3. The van der Waals surface area contributed by atoms with E-state index in [2.05, 4.69) is 12.2 Å². The quantitative estimate of drug-likeness (QED) is 0.0506. The molecular weight excluding hydrogens is 648 g/mol. The van der Waals surface area contributed by atoms with Gasteiger partial charge in [-0.15, -0.1) is 0 Å². The monoisotopic (exact) mass is 706 g/mol. The van der Waals surface area contributed by atoms with Gasteiger partial charge < -0.3 is 59.1 Å². The highest BCUT2D eigenvalue weighted by molar-refractivity contribution is 5.66. The van der Waals surface area contributed by atoms with Gasteiger partial charge in [-0.3, -0.25) is 14.4 Å². The molecule has 49 heavy (non-hydrogen) atoms. The van der Waals surface area contributed by atoms with E-state index in [1.807, 2.05) is 6.92 Å². The topological polar surface area (TPSA) is 228 Å². The lowest BCUT2D eigenvalue weighted by molar-refractivity contribution is -0.362. The van der Waals surface area contributed by atoms with Crippen LogP contribution in [0.1, 0.15) is 104 Å². The summed E-state index contributed by atoms with van der Waals surface area (Å²) in [4.78, 5) is 33.3. The number of ether oxygens (including phenoxy) is 6. The summed E-state index contributed by atoms with van der Waals surface area (Å²) >= 11 is 0. The van der Waals surface area contributed by atoms with Crippen LogP contribution in [0.15, 0.2) is 12.2 Å². The average Bonchev–Trinajstić information content (AvgIpc) is 3.04. The van der Waals surface area contributed by atoms with Crippen molar-refractivity contribution in [2.75, 3.05) is 13.2 Å². The number of allylic oxidation sites excluding steroid dienone is 2. The third-order valence-corrected chi connectivity index (χ3v) is 8.53. The van der Waals surface area contributed by atoms with E-state index in [1.165, 1.54) is 6.92 Å². The number of hydrogen-bond acceptors (Lipinski definition) is 14. The predicted octanol–water partition coefficient (Wildman–Crippen LogP) is 1.87. The van der Waals surface area contributed by atoms with Gasteiger partial charge in [0.1, 0.15) is 62.0 Å². The minimum absolute atomic E-state index is 0.249. The summed E-state index contributed by atoms with van der Waals surface area (Å²) in [5.74, 6) is -2.03. The summed E-state index contributed by atoms with van der Waals surface area (Å²) in [6.07, 6.45) is 0.807. The van der Waals surface area contributed by atoms with Crippen LogP contribution in [0.2, 0.25) is 0 Å². The van der Waals surface area contributed by atoms with Gasteiger partial charge in [0.2, 0.25) is 0 Å². The van der Waals surface area contributed by atoms with Crippen molar-refractivity contribution >= 4 is 17.9 Å². The molecule has 15 nitrogen and oxygen atoms in total. The van der Waals surface area contributed by atoms with E-state index < -0.39 is 92.5 Å². The average molecular weight is 707 g/mol. The molecule has 15 heteroatoms. The number of carbonyl (C=O) groups excluding carboxylic acids is 2. The molecule has 0 aromatic carbocycles. The first-order chi connectivity index (χ1) is 23.3. The number of esters is 2. The molecule has 0 radical (unpaired) electrons. The van der Waals surface area contributed by atoms with Crippen molar-refractivity contribution in [2.24, 2.45) is 0 Å². The van der Waals surface area contributed by atoms with Gasteiger partial charge in [-0.1, -0.05) is 50.7 Å². The standard InChI is InChI=1S/C34H58O15/c1-21(17-15-13-11-9-7-5-4-6-8-10-12-14-16-18-26(37)38)46-33-31(43)29(41)32(25(48-33)20-45-23(3)36)49-34-30(42)28(40)27(39)24(47-34)19-44-22(2)35/h4-5,21,24-25,27-34,39-43H,6-20H2,1-3H3,(H,37,38)/b5-4+/t21?,24-,25-,27-,28+,29-,30-,31-,32-,33-,34+/m1/s1. The Morgan fingerprint density at radius 2 is 1.16 bits per heavy atom. The third-order valence-electron chi connectivity index (χ3n) is 8.53. The Hall–Kier alpha value is -2.21. The van der Waals surface area contributed by atoms with Crippen molar-refractivity contribution in [3.63, 3.8) is 0 Å². The minimum atomic E-state index is -1.79. The third kappa shape index (κ3) is 16.1. The van der Waals surface area contributed by atoms with Gasteiger partial charge in [-0.05, 0) is 45.4 Å². The Morgan fingerprint density at radius 3 is 1.76 bits per heavy atom. The molecule has 0 aromatic rings. The maximum atomic E-state index is 11.6. The van der Waals surface area contributed by atoms with Crippen LogP contribution in [-0.2, 0) is 42.8 Å². The molecule has 2 heterocycles. The Bertz CT molecular complexity index is 993. The zero-order valence-electron chi connectivity index (χ0n) is 29.0. The van der Waals surface area contributed by atoms with Gasteiger partial charge in [0.25, 0.3) is 0 Å². The highest BCUT2D eigenvalue weighted by atomic mass is 16.7. The van der Waals surface area contributed by atoms with Gasteiger partial charge in [-0.2, -0.15) is 0 Å². The number of carboxylic acids is 1. The number of unbranched alkanes of at least 4 members (excludes halogenated alkanes) is 9. The normalized spacial score (nSPS) is 31.0. The van der Waals surface area contributed by atoms with E-state index in [0.29, 0.717) is 6.42 Å². The van der Waals surface area contributed by atoms with Crippen molar-refractivity contribution in [2.45, 2.75) is 172 Å². The van der Waals surface area contributed by atoms with E-state index >= 15 is 0 Å². The maximum absolute atomic E-state index is 11.6. The van der Waals surface area contributed by atoms with E-state index in [9.17, 15) is 39.9 Å². The van der Waals surface area contributed by atoms with Gasteiger partial charge in [0.05, 0.1) is 6.10 Å². The lowest BCUT2D eigenvalue weighted by Gasteiger charge is -2.46. The summed E-state index contributed by atoms with van der Waals surface area (Å²) < 4.78 is 33.1. The van der Waals surface area contributed by atoms with Crippen molar-refractivity contribution < 1.29 is 73.4 Å². The fourth-order valence-corrected chi connectivity index (χ4v) is 5.69. The molecule has 2 rings (SSSR count). The Labute approximate surface area is 288 Å². The number of aliphatic hydroxyl groups is 5. The van der Waals surface area contributed by atoms with E-state index in [0.717, 1.165) is 77.6 Å². The first kappa shape index (κ1) is 43.0. The summed E-state index contributed by atoms with van der Waals surface area (Å²) in [5.41, 5.74) is 0. The molecule has 2 aliphatic heterocycles. The van der Waals surface area contributed by atoms with Crippen LogP contribution in [-0.4, -0.2) is 129 Å². The van der Waals surface area contributed by atoms with Crippen LogP contribution in [0.25, 0.3) is 0 Å². The molecule has 2 aliphatic rings. The van der Waals surface area contributed by atoms with Crippen LogP contribution >= 0.6 is 0 Å². The molecule has 0 amide bonds. The molecule has 2 fully saturated rings. The van der Waals surface area contributed by atoms with Crippen LogP contribution in [0, 0.1) is 0 Å². The molecule has 0 saturated carbocycles. The van der Waals surface area contributed by atoms with Crippen molar-refractivity contribution in [3.05, 3.63) is 12.2 Å². The van der Waals surface area contributed by atoms with Crippen LogP contribution < -0.4 is 0 Å². The Balaban J connectivity index is 1.78. The lowest BCUT2D eigenvalue weighted by Crippen LogP contribution is -2.65. The van der Waals surface area contributed by atoms with E-state index in [1.54, 1.807) is 0 Å². The smallest absolute Gasteiger partial charge is 0.303 e. The van der Waals surface area contributed by atoms with Crippen molar-refractivity contribution in [3.8, 4) is 0 Å². The molecule has 0 aliphatic carbocycles.